The molecule has 2 rings (SSSR count). The van der Waals surface area contributed by atoms with Crippen molar-refractivity contribution >= 4 is 34.5 Å². The molecule has 5 heteroatoms. The number of rotatable bonds is 3. The van der Waals surface area contributed by atoms with Crippen LogP contribution in [0.5, 0.6) is 0 Å². The highest BCUT2D eigenvalue weighted by Gasteiger charge is 2.23. The zero-order valence-electron chi connectivity index (χ0n) is 11.8. The molecule has 0 unspecified atom stereocenters. The highest BCUT2D eigenvalue weighted by Crippen LogP contribution is 2.33. The van der Waals surface area contributed by atoms with E-state index in [0.29, 0.717) is 23.0 Å². The Morgan fingerprint density at radius 1 is 1.20 bits per heavy atom. The van der Waals surface area contributed by atoms with E-state index in [-0.39, 0.29) is 5.41 Å². The summed E-state index contributed by atoms with van der Waals surface area (Å²) in [5.74, 6) is 0. The smallest absolute Gasteiger partial charge is 0.0976 e. The second-order valence-corrected chi connectivity index (χ2v) is 7.69. The first kappa shape index (κ1) is 15.8. The third-order valence-electron chi connectivity index (χ3n) is 3.03. The Kier molecular flexibility index (Phi) is 4.75. The fraction of sp³-hybridized carbons (Fsp3) is 0.400. The Hall–Kier alpha value is -0.610. The predicted octanol–water partition coefficient (Wildman–Crippen LogP) is 4.80. The van der Waals surface area contributed by atoms with Gasteiger partial charge in [-0.05, 0) is 17.7 Å². The molecule has 1 aromatic carbocycles. The Labute approximate surface area is 133 Å². The summed E-state index contributed by atoms with van der Waals surface area (Å²) >= 11 is 14.1. The van der Waals surface area contributed by atoms with Crippen LogP contribution in [0.4, 0.5) is 0 Å². The Morgan fingerprint density at radius 3 is 2.25 bits per heavy atom. The van der Waals surface area contributed by atoms with Crippen molar-refractivity contribution in [3.63, 3.8) is 0 Å². The highest BCUT2D eigenvalue weighted by molar-refractivity contribution is 7.11. The summed E-state index contributed by atoms with van der Waals surface area (Å²) in [6.07, 6.45) is 0.645. The average molecular weight is 329 g/mol. The van der Waals surface area contributed by atoms with E-state index in [9.17, 15) is 0 Å². The zero-order chi connectivity index (χ0) is 14.9. The van der Waals surface area contributed by atoms with Crippen LogP contribution in [0, 0.1) is 0 Å². The van der Waals surface area contributed by atoms with Crippen molar-refractivity contribution in [3.8, 4) is 0 Å². The molecule has 1 aromatic heterocycles. The molecule has 2 aromatic rings. The molecule has 0 amide bonds. The summed E-state index contributed by atoms with van der Waals surface area (Å²) in [4.78, 5) is 5.89. The first-order chi connectivity index (χ1) is 9.32. The van der Waals surface area contributed by atoms with Gasteiger partial charge in [0.1, 0.15) is 0 Å². The van der Waals surface area contributed by atoms with Crippen LogP contribution in [0.25, 0.3) is 0 Å². The summed E-state index contributed by atoms with van der Waals surface area (Å²) in [6.45, 7) is 6.95. The fourth-order valence-electron chi connectivity index (χ4n) is 2.05. The van der Waals surface area contributed by atoms with Crippen molar-refractivity contribution in [1.82, 2.24) is 4.98 Å². The van der Waals surface area contributed by atoms with Gasteiger partial charge < -0.3 is 5.73 Å². The highest BCUT2D eigenvalue weighted by atomic mass is 35.5. The van der Waals surface area contributed by atoms with Gasteiger partial charge in [-0.2, -0.15) is 0 Å². The minimum atomic E-state index is -0.00622. The van der Waals surface area contributed by atoms with Crippen molar-refractivity contribution < 1.29 is 0 Å². The van der Waals surface area contributed by atoms with Crippen molar-refractivity contribution in [2.75, 3.05) is 0 Å². The first-order valence-electron chi connectivity index (χ1n) is 6.45. The van der Waals surface area contributed by atoms with Crippen LogP contribution in [0.1, 0.15) is 41.9 Å². The molecule has 0 atom stereocenters. The SMILES string of the molecule is CC(C)(C)c1nc(Cc2c(Cl)cccc2Cl)sc1CN. The molecule has 0 saturated carbocycles. The molecular weight excluding hydrogens is 311 g/mol. The van der Waals surface area contributed by atoms with Crippen LogP contribution in [0.2, 0.25) is 10.0 Å². The lowest BCUT2D eigenvalue weighted by molar-refractivity contribution is 0.565. The first-order valence-corrected chi connectivity index (χ1v) is 8.02. The third-order valence-corrected chi connectivity index (χ3v) is 4.81. The van der Waals surface area contributed by atoms with Gasteiger partial charge in [-0.3, -0.25) is 0 Å². The van der Waals surface area contributed by atoms with E-state index < -0.39 is 0 Å². The van der Waals surface area contributed by atoms with E-state index >= 15 is 0 Å². The second kappa shape index (κ2) is 6.02. The minimum Gasteiger partial charge on any atom is -0.326 e. The number of benzene rings is 1. The van der Waals surface area contributed by atoms with E-state index in [4.69, 9.17) is 33.9 Å². The van der Waals surface area contributed by atoms with Gasteiger partial charge in [-0.25, -0.2) is 4.98 Å². The minimum absolute atomic E-state index is 0.00622. The molecule has 20 heavy (non-hydrogen) atoms. The van der Waals surface area contributed by atoms with Crippen molar-refractivity contribution in [2.45, 2.75) is 39.2 Å². The molecule has 0 fully saturated rings. The number of nitrogens with two attached hydrogens (primary N) is 1. The summed E-state index contributed by atoms with van der Waals surface area (Å²) < 4.78 is 0. The molecule has 0 aliphatic rings. The van der Waals surface area contributed by atoms with Gasteiger partial charge in [0.15, 0.2) is 0 Å². The van der Waals surface area contributed by atoms with E-state index in [0.717, 1.165) is 21.1 Å². The molecule has 0 spiro atoms. The van der Waals surface area contributed by atoms with Crippen LogP contribution in [-0.4, -0.2) is 4.98 Å². The quantitative estimate of drug-likeness (QED) is 0.879. The molecule has 1 heterocycles. The predicted molar refractivity (Wildman–Crippen MR) is 88.0 cm³/mol. The molecule has 0 aliphatic heterocycles. The van der Waals surface area contributed by atoms with Crippen molar-refractivity contribution in [3.05, 3.63) is 49.4 Å². The van der Waals surface area contributed by atoms with Crippen LogP contribution in [0.15, 0.2) is 18.2 Å². The van der Waals surface area contributed by atoms with Crippen LogP contribution in [-0.2, 0) is 18.4 Å². The van der Waals surface area contributed by atoms with Gasteiger partial charge >= 0.3 is 0 Å². The van der Waals surface area contributed by atoms with Gasteiger partial charge in [0.2, 0.25) is 0 Å². The molecular formula is C15H18Cl2N2S. The number of hydrogen-bond donors (Lipinski definition) is 1. The summed E-state index contributed by atoms with van der Waals surface area (Å²) in [5.41, 5.74) is 7.82. The maximum absolute atomic E-state index is 6.22. The largest absolute Gasteiger partial charge is 0.326 e. The van der Waals surface area contributed by atoms with Crippen molar-refractivity contribution in [1.29, 1.82) is 0 Å². The number of thiazole rings is 1. The second-order valence-electron chi connectivity index (χ2n) is 5.71. The molecule has 0 bridgehead atoms. The summed E-state index contributed by atoms with van der Waals surface area (Å²) in [7, 11) is 0. The Balaban J connectivity index is 2.38. The van der Waals surface area contributed by atoms with Gasteiger partial charge in [0, 0.05) is 33.3 Å². The number of nitrogens with zero attached hydrogens (tertiary/aromatic N) is 1. The van der Waals surface area contributed by atoms with E-state index in [1.807, 2.05) is 18.2 Å². The van der Waals surface area contributed by atoms with Crippen LogP contribution in [0.3, 0.4) is 0 Å². The number of aromatic nitrogens is 1. The number of hydrogen-bond acceptors (Lipinski definition) is 3. The van der Waals surface area contributed by atoms with Crippen LogP contribution >= 0.6 is 34.5 Å². The average Bonchev–Trinajstić information content (AvgIpc) is 2.77. The lowest BCUT2D eigenvalue weighted by atomic mass is 9.91. The normalized spacial score (nSPS) is 11.9. The Morgan fingerprint density at radius 2 is 1.80 bits per heavy atom. The third kappa shape index (κ3) is 3.34. The van der Waals surface area contributed by atoms with Gasteiger partial charge in [0.25, 0.3) is 0 Å². The lowest BCUT2D eigenvalue weighted by Crippen LogP contribution is -2.15. The van der Waals surface area contributed by atoms with Crippen LogP contribution < -0.4 is 5.73 Å². The van der Waals surface area contributed by atoms with Gasteiger partial charge in [0.05, 0.1) is 10.7 Å². The van der Waals surface area contributed by atoms with E-state index in [1.54, 1.807) is 11.3 Å². The summed E-state index contributed by atoms with van der Waals surface area (Å²) in [5, 5.41) is 2.36. The van der Waals surface area contributed by atoms with E-state index in [1.165, 1.54) is 0 Å². The number of halogens is 2. The molecule has 0 radical (unpaired) electrons. The lowest BCUT2D eigenvalue weighted by Gasteiger charge is -2.16. The van der Waals surface area contributed by atoms with E-state index in [2.05, 4.69) is 20.8 Å². The molecule has 0 saturated heterocycles. The Bertz CT molecular complexity index is 595. The van der Waals surface area contributed by atoms with Gasteiger partial charge in [-0.1, -0.05) is 50.0 Å². The summed E-state index contributed by atoms with van der Waals surface area (Å²) in [6, 6.07) is 5.55. The molecule has 0 aliphatic carbocycles. The standard InChI is InChI=1S/C15H18Cl2N2S/c1-15(2,3)14-12(8-18)20-13(19-14)7-9-10(16)5-4-6-11(9)17/h4-6H,7-8,18H2,1-3H3. The molecule has 108 valence electrons. The fourth-order valence-corrected chi connectivity index (χ4v) is 3.75. The monoisotopic (exact) mass is 328 g/mol. The maximum Gasteiger partial charge on any atom is 0.0976 e. The molecule has 2 nitrogen and oxygen atoms in total. The van der Waals surface area contributed by atoms with Gasteiger partial charge in [-0.15, -0.1) is 11.3 Å². The topological polar surface area (TPSA) is 38.9 Å². The van der Waals surface area contributed by atoms with Crippen molar-refractivity contribution in [2.24, 2.45) is 5.73 Å². The maximum atomic E-state index is 6.22. The zero-order valence-corrected chi connectivity index (χ0v) is 14.2. The molecule has 2 N–H and O–H groups in total.